The molecule has 9 heteroatoms. The second kappa shape index (κ2) is 6.63. The molecular formula is C16H11F3N4O2. The molecule has 0 fully saturated rings. The SMILES string of the molecule is Nc1cc(-c2cnc(Oc3cccc(OC(F)(F)F)c3)nc2)ccn1. The summed E-state index contributed by atoms with van der Waals surface area (Å²) >= 11 is 0. The van der Waals surface area contributed by atoms with E-state index in [1.807, 2.05) is 0 Å². The van der Waals surface area contributed by atoms with Crippen molar-refractivity contribution in [1.82, 2.24) is 15.0 Å². The molecule has 0 aliphatic carbocycles. The zero-order chi connectivity index (χ0) is 17.9. The maximum absolute atomic E-state index is 12.2. The molecule has 0 aliphatic rings. The normalized spacial score (nSPS) is 11.2. The van der Waals surface area contributed by atoms with Crippen LogP contribution >= 0.6 is 0 Å². The van der Waals surface area contributed by atoms with Crippen LogP contribution in [0.3, 0.4) is 0 Å². The van der Waals surface area contributed by atoms with E-state index in [4.69, 9.17) is 10.5 Å². The summed E-state index contributed by atoms with van der Waals surface area (Å²) in [7, 11) is 0. The minimum atomic E-state index is -4.77. The lowest BCUT2D eigenvalue weighted by atomic mass is 10.1. The van der Waals surface area contributed by atoms with Gasteiger partial charge in [-0.05, 0) is 29.8 Å². The molecule has 0 spiro atoms. The largest absolute Gasteiger partial charge is 0.573 e. The monoisotopic (exact) mass is 348 g/mol. The van der Waals surface area contributed by atoms with E-state index in [1.54, 1.807) is 18.3 Å². The van der Waals surface area contributed by atoms with E-state index >= 15 is 0 Å². The first kappa shape index (κ1) is 16.5. The van der Waals surface area contributed by atoms with Crippen molar-refractivity contribution in [2.75, 3.05) is 5.73 Å². The lowest BCUT2D eigenvalue weighted by molar-refractivity contribution is -0.274. The first-order valence-electron chi connectivity index (χ1n) is 6.97. The van der Waals surface area contributed by atoms with Gasteiger partial charge in [0.25, 0.3) is 0 Å². The maximum Gasteiger partial charge on any atom is 0.573 e. The molecule has 3 aromatic rings. The Hall–Kier alpha value is -3.36. The third kappa shape index (κ3) is 4.56. The van der Waals surface area contributed by atoms with Gasteiger partial charge in [-0.15, -0.1) is 13.2 Å². The smallest absolute Gasteiger partial charge is 0.424 e. The van der Waals surface area contributed by atoms with Gasteiger partial charge in [-0.3, -0.25) is 0 Å². The third-order valence-corrected chi connectivity index (χ3v) is 2.99. The summed E-state index contributed by atoms with van der Waals surface area (Å²) in [5.41, 5.74) is 7.09. The van der Waals surface area contributed by atoms with Crippen molar-refractivity contribution >= 4 is 5.82 Å². The predicted octanol–water partition coefficient (Wildman–Crippen LogP) is 3.81. The number of hydrogen-bond acceptors (Lipinski definition) is 6. The van der Waals surface area contributed by atoms with Crippen LogP contribution in [0, 0.1) is 0 Å². The van der Waals surface area contributed by atoms with E-state index in [-0.39, 0.29) is 11.8 Å². The van der Waals surface area contributed by atoms with Crippen LogP contribution in [0.5, 0.6) is 17.5 Å². The van der Waals surface area contributed by atoms with Crippen molar-refractivity contribution in [2.45, 2.75) is 6.36 Å². The Bertz CT molecular complexity index is 870. The van der Waals surface area contributed by atoms with Crippen LogP contribution in [0.2, 0.25) is 0 Å². The van der Waals surface area contributed by atoms with Crippen LogP contribution in [0.4, 0.5) is 19.0 Å². The summed E-state index contributed by atoms with van der Waals surface area (Å²) in [4.78, 5) is 11.9. The highest BCUT2D eigenvalue weighted by Crippen LogP contribution is 2.28. The van der Waals surface area contributed by atoms with Gasteiger partial charge in [-0.2, -0.15) is 0 Å². The average molecular weight is 348 g/mol. The van der Waals surface area contributed by atoms with E-state index in [0.717, 1.165) is 17.7 Å². The van der Waals surface area contributed by atoms with Gasteiger partial charge in [0.15, 0.2) is 0 Å². The lowest BCUT2D eigenvalue weighted by Gasteiger charge is -2.10. The molecule has 3 rings (SSSR count). The van der Waals surface area contributed by atoms with Gasteiger partial charge in [0.1, 0.15) is 17.3 Å². The minimum absolute atomic E-state index is 0.0186. The second-order valence-corrected chi connectivity index (χ2v) is 4.85. The molecule has 0 radical (unpaired) electrons. The summed E-state index contributed by atoms with van der Waals surface area (Å²) in [5.74, 6) is 0.0795. The molecule has 0 bridgehead atoms. The molecule has 25 heavy (non-hydrogen) atoms. The van der Waals surface area contributed by atoms with Crippen molar-refractivity contribution in [3.63, 3.8) is 0 Å². The first-order chi connectivity index (χ1) is 11.9. The molecule has 2 aromatic heterocycles. The Morgan fingerprint density at radius 2 is 1.60 bits per heavy atom. The highest BCUT2D eigenvalue weighted by atomic mass is 19.4. The Balaban J connectivity index is 1.74. The average Bonchev–Trinajstić information content (AvgIpc) is 2.54. The zero-order valence-electron chi connectivity index (χ0n) is 12.6. The number of ether oxygens (including phenoxy) is 2. The Kier molecular flexibility index (Phi) is 4.38. The van der Waals surface area contributed by atoms with Gasteiger partial charge in [-0.1, -0.05) is 6.07 Å². The van der Waals surface area contributed by atoms with E-state index in [9.17, 15) is 13.2 Å². The summed E-state index contributed by atoms with van der Waals surface area (Å²) in [6.07, 6.45) is -0.204. The number of aromatic nitrogens is 3. The van der Waals surface area contributed by atoms with E-state index in [2.05, 4.69) is 19.7 Å². The fourth-order valence-electron chi connectivity index (χ4n) is 1.99. The molecule has 0 saturated heterocycles. The summed E-state index contributed by atoms with van der Waals surface area (Å²) in [6, 6.07) is 8.47. The number of benzene rings is 1. The standard InChI is InChI=1S/C16H11F3N4O2/c17-16(18,19)25-13-3-1-2-12(7-13)24-15-22-8-11(9-23-15)10-4-5-21-14(20)6-10/h1-9H,(H2,20,21). The minimum Gasteiger partial charge on any atom is -0.424 e. The number of hydrogen-bond donors (Lipinski definition) is 1. The predicted molar refractivity (Wildman–Crippen MR) is 82.9 cm³/mol. The molecule has 0 atom stereocenters. The van der Waals surface area contributed by atoms with Crippen LogP contribution in [0.15, 0.2) is 55.0 Å². The number of nitrogen functional groups attached to an aromatic ring is 1. The molecule has 1 aromatic carbocycles. The highest BCUT2D eigenvalue weighted by Gasteiger charge is 2.31. The van der Waals surface area contributed by atoms with Gasteiger partial charge in [0.2, 0.25) is 0 Å². The summed E-state index contributed by atoms with van der Waals surface area (Å²) in [5, 5.41) is 0. The molecule has 0 aliphatic heterocycles. The molecule has 128 valence electrons. The third-order valence-electron chi connectivity index (χ3n) is 2.99. The topological polar surface area (TPSA) is 83.2 Å². The number of halogens is 3. The molecular weight excluding hydrogens is 337 g/mol. The van der Waals surface area contributed by atoms with Crippen molar-refractivity contribution in [2.24, 2.45) is 0 Å². The van der Waals surface area contributed by atoms with Crippen LogP contribution in [-0.2, 0) is 0 Å². The van der Waals surface area contributed by atoms with Crippen LogP contribution in [-0.4, -0.2) is 21.3 Å². The molecule has 2 N–H and O–H groups in total. The fourth-order valence-corrected chi connectivity index (χ4v) is 1.99. The molecule has 0 amide bonds. The number of rotatable bonds is 4. The number of pyridine rings is 1. The van der Waals surface area contributed by atoms with Gasteiger partial charge in [-0.25, -0.2) is 15.0 Å². The van der Waals surface area contributed by atoms with Crippen molar-refractivity contribution in [3.05, 3.63) is 55.0 Å². The van der Waals surface area contributed by atoms with Crippen molar-refractivity contribution in [1.29, 1.82) is 0 Å². The van der Waals surface area contributed by atoms with Gasteiger partial charge in [0, 0.05) is 30.2 Å². The maximum atomic E-state index is 12.2. The van der Waals surface area contributed by atoms with E-state index < -0.39 is 12.1 Å². The quantitative estimate of drug-likeness (QED) is 0.772. The highest BCUT2D eigenvalue weighted by molar-refractivity contribution is 5.63. The second-order valence-electron chi connectivity index (χ2n) is 4.85. The van der Waals surface area contributed by atoms with Gasteiger partial charge >= 0.3 is 12.4 Å². The van der Waals surface area contributed by atoms with Crippen LogP contribution < -0.4 is 15.2 Å². The fraction of sp³-hybridized carbons (Fsp3) is 0.0625. The summed E-state index contributed by atoms with van der Waals surface area (Å²) < 4.78 is 45.9. The van der Waals surface area contributed by atoms with Crippen LogP contribution in [0.25, 0.3) is 11.1 Å². The Labute approximate surface area is 140 Å². The lowest BCUT2D eigenvalue weighted by Crippen LogP contribution is -2.17. The van der Waals surface area contributed by atoms with E-state index in [1.165, 1.54) is 24.5 Å². The molecule has 6 nitrogen and oxygen atoms in total. The molecule has 0 unspecified atom stereocenters. The number of alkyl halides is 3. The number of nitrogens with zero attached hydrogens (tertiary/aromatic N) is 3. The molecule has 0 saturated carbocycles. The molecule has 2 heterocycles. The summed E-state index contributed by atoms with van der Waals surface area (Å²) in [6.45, 7) is 0. The van der Waals surface area contributed by atoms with E-state index in [0.29, 0.717) is 11.4 Å². The van der Waals surface area contributed by atoms with Gasteiger partial charge < -0.3 is 15.2 Å². The Morgan fingerprint density at radius 1 is 0.880 bits per heavy atom. The van der Waals surface area contributed by atoms with Gasteiger partial charge in [0.05, 0.1) is 0 Å². The first-order valence-corrected chi connectivity index (χ1v) is 6.97. The van der Waals surface area contributed by atoms with Crippen LogP contribution in [0.1, 0.15) is 0 Å². The Morgan fingerprint density at radius 3 is 2.28 bits per heavy atom. The number of anilines is 1. The van der Waals surface area contributed by atoms with Crippen molar-refractivity contribution in [3.8, 4) is 28.6 Å². The number of nitrogens with two attached hydrogens (primary N) is 1. The van der Waals surface area contributed by atoms with Crippen molar-refractivity contribution < 1.29 is 22.6 Å². The zero-order valence-corrected chi connectivity index (χ0v) is 12.6.